The number of imide groups is 1. The molecule has 0 bridgehead atoms. The molecule has 1 aromatic rings. The molecule has 2 amide bonds. The average molecular weight is 310 g/mol. The van der Waals surface area contributed by atoms with Crippen molar-refractivity contribution in [3.63, 3.8) is 0 Å². The van der Waals surface area contributed by atoms with Gasteiger partial charge in [0.2, 0.25) is 0 Å². The van der Waals surface area contributed by atoms with Crippen LogP contribution < -0.4 is 4.90 Å². The van der Waals surface area contributed by atoms with Crippen molar-refractivity contribution in [2.24, 2.45) is 5.92 Å². The topological polar surface area (TPSA) is 57.6 Å². The first kappa shape index (κ1) is 14.1. The molecule has 6 heteroatoms. The number of benzene rings is 1. The number of amides is 2. The molecule has 1 unspecified atom stereocenters. The molecule has 0 saturated carbocycles. The average Bonchev–Trinajstić information content (AvgIpc) is 2.68. The van der Waals surface area contributed by atoms with Crippen LogP contribution in [0.2, 0.25) is 5.02 Å². The first-order valence-electron chi connectivity index (χ1n) is 6.71. The first-order valence-corrected chi connectivity index (χ1v) is 7.09. The number of anilines is 1. The number of hydrogen-bond acceptors (Lipinski definition) is 3. The Morgan fingerprint density at radius 1 is 1.33 bits per heavy atom. The third-order valence-electron chi connectivity index (χ3n) is 4.03. The van der Waals surface area contributed by atoms with Crippen LogP contribution in [0.5, 0.6) is 5.75 Å². The summed E-state index contributed by atoms with van der Waals surface area (Å²) >= 11 is 5.62. The van der Waals surface area contributed by atoms with Crippen LogP contribution in [0.25, 0.3) is 0 Å². The minimum atomic E-state index is -0.813. The molecule has 1 atom stereocenters. The zero-order chi connectivity index (χ0) is 15.3. The molecule has 0 fully saturated rings. The van der Waals surface area contributed by atoms with Crippen LogP contribution in [0, 0.1) is 11.7 Å². The van der Waals surface area contributed by atoms with Crippen molar-refractivity contribution in [1.29, 1.82) is 0 Å². The van der Waals surface area contributed by atoms with Crippen LogP contribution in [-0.2, 0) is 9.59 Å². The second-order valence-corrected chi connectivity index (χ2v) is 5.79. The standard InChI is InChI=1S/C15H13ClFNO3/c1-7-3-2-4-8-13(7)15(21)18(14(8)20)11-6-12(19)9(16)5-10(11)17/h5-7,19H,2-4H2,1H3. The fourth-order valence-electron chi connectivity index (χ4n) is 2.99. The van der Waals surface area contributed by atoms with E-state index >= 15 is 0 Å². The van der Waals surface area contributed by atoms with Crippen LogP contribution in [0.4, 0.5) is 10.1 Å². The molecule has 0 radical (unpaired) electrons. The molecule has 1 heterocycles. The second kappa shape index (κ2) is 4.84. The Hall–Kier alpha value is -1.88. The summed E-state index contributed by atoms with van der Waals surface area (Å²) in [6.45, 7) is 1.89. The van der Waals surface area contributed by atoms with E-state index in [0.29, 0.717) is 17.6 Å². The van der Waals surface area contributed by atoms with E-state index in [2.05, 4.69) is 0 Å². The SMILES string of the molecule is CC1CCCC2=C1C(=O)N(c1cc(O)c(Cl)cc1F)C2=O. The summed E-state index contributed by atoms with van der Waals surface area (Å²) in [4.78, 5) is 25.7. The van der Waals surface area contributed by atoms with Crippen molar-refractivity contribution in [1.82, 2.24) is 0 Å². The molecule has 1 aromatic carbocycles. The largest absolute Gasteiger partial charge is 0.506 e. The minimum Gasteiger partial charge on any atom is -0.506 e. The molecule has 110 valence electrons. The number of phenolic OH excluding ortho intramolecular Hbond substituents is 1. The molecule has 0 spiro atoms. The predicted molar refractivity (Wildman–Crippen MR) is 75.6 cm³/mol. The molecular formula is C15H13ClFNO3. The third kappa shape index (κ3) is 2.03. The van der Waals surface area contributed by atoms with Crippen molar-refractivity contribution in [3.8, 4) is 5.75 Å². The number of aromatic hydroxyl groups is 1. The molecule has 0 saturated heterocycles. The highest BCUT2D eigenvalue weighted by Crippen LogP contribution is 2.41. The van der Waals surface area contributed by atoms with E-state index in [1.165, 1.54) is 0 Å². The highest BCUT2D eigenvalue weighted by atomic mass is 35.5. The lowest BCUT2D eigenvalue weighted by Crippen LogP contribution is -2.32. The summed E-state index contributed by atoms with van der Waals surface area (Å²) in [5.41, 5.74) is 0.682. The number of phenols is 1. The van der Waals surface area contributed by atoms with Gasteiger partial charge in [0.15, 0.2) is 0 Å². The molecule has 1 aliphatic carbocycles. The van der Waals surface area contributed by atoms with Gasteiger partial charge in [-0.1, -0.05) is 18.5 Å². The maximum atomic E-state index is 14.0. The van der Waals surface area contributed by atoms with Crippen LogP contribution >= 0.6 is 11.6 Å². The molecule has 21 heavy (non-hydrogen) atoms. The summed E-state index contributed by atoms with van der Waals surface area (Å²) in [5.74, 6) is -2.19. The van der Waals surface area contributed by atoms with Gasteiger partial charge >= 0.3 is 0 Å². The lowest BCUT2D eigenvalue weighted by molar-refractivity contribution is -0.120. The monoisotopic (exact) mass is 309 g/mol. The van der Waals surface area contributed by atoms with Crippen molar-refractivity contribution < 1.29 is 19.1 Å². The highest BCUT2D eigenvalue weighted by Gasteiger charge is 2.43. The van der Waals surface area contributed by atoms with Crippen LogP contribution in [-0.4, -0.2) is 16.9 Å². The Morgan fingerprint density at radius 3 is 2.71 bits per heavy atom. The third-order valence-corrected chi connectivity index (χ3v) is 4.34. The summed E-state index contributed by atoms with van der Waals surface area (Å²) in [6.07, 6.45) is 2.20. The van der Waals surface area contributed by atoms with E-state index in [9.17, 15) is 19.1 Å². The van der Waals surface area contributed by atoms with Gasteiger partial charge in [0.25, 0.3) is 11.8 Å². The highest BCUT2D eigenvalue weighted by molar-refractivity contribution is 6.34. The van der Waals surface area contributed by atoms with E-state index in [1.54, 1.807) is 0 Å². The van der Waals surface area contributed by atoms with Gasteiger partial charge in [-0.15, -0.1) is 0 Å². The maximum absolute atomic E-state index is 14.0. The van der Waals surface area contributed by atoms with Gasteiger partial charge in [0.05, 0.1) is 10.7 Å². The first-order chi connectivity index (χ1) is 9.91. The Balaban J connectivity index is 2.09. The zero-order valence-corrected chi connectivity index (χ0v) is 12.1. The van der Waals surface area contributed by atoms with Crippen molar-refractivity contribution in [3.05, 3.63) is 34.1 Å². The normalized spacial score (nSPS) is 22.0. The number of halogens is 2. The summed E-state index contributed by atoms with van der Waals surface area (Å²) in [7, 11) is 0. The summed E-state index contributed by atoms with van der Waals surface area (Å²) in [5, 5.41) is 9.44. The van der Waals surface area contributed by atoms with Gasteiger partial charge < -0.3 is 5.11 Å². The van der Waals surface area contributed by atoms with E-state index < -0.39 is 17.6 Å². The van der Waals surface area contributed by atoms with Crippen molar-refractivity contribution in [2.75, 3.05) is 4.90 Å². The number of nitrogens with zero attached hydrogens (tertiary/aromatic N) is 1. The van der Waals surface area contributed by atoms with Gasteiger partial charge in [-0.2, -0.15) is 0 Å². The van der Waals surface area contributed by atoms with Gasteiger partial charge in [0.1, 0.15) is 11.6 Å². The Morgan fingerprint density at radius 2 is 2.05 bits per heavy atom. The molecule has 2 aliphatic rings. The van der Waals surface area contributed by atoms with Crippen molar-refractivity contribution >= 4 is 29.1 Å². The van der Waals surface area contributed by atoms with E-state index in [-0.39, 0.29) is 22.4 Å². The molecule has 1 aliphatic heterocycles. The lowest BCUT2D eigenvalue weighted by Gasteiger charge is -2.18. The fourth-order valence-corrected chi connectivity index (χ4v) is 3.14. The van der Waals surface area contributed by atoms with Gasteiger partial charge in [-0.05, 0) is 31.2 Å². The van der Waals surface area contributed by atoms with Gasteiger partial charge in [-0.3, -0.25) is 9.59 Å². The summed E-state index contributed by atoms with van der Waals surface area (Å²) in [6, 6.07) is 1.91. The smallest absolute Gasteiger partial charge is 0.262 e. The van der Waals surface area contributed by atoms with Crippen molar-refractivity contribution in [2.45, 2.75) is 26.2 Å². The van der Waals surface area contributed by atoms with Crippen LogP contribution in [0.15, 0.2) is 23.3 Å². The van der Waals surface area contributed by atoms with E-state index in [1.807, 2.05) is 6.92 Å². The number of hydrogen-bond donors (Lipinski definition) is 1. The molecular weight excluding hydrogens is 297 g/mol. The Labute approximate surface area is 125 Å². The van der Waals surface area contributed by atoms with Crippen LogP contribution in [0.3, 0.4) is 0 Å². The minimum absolute atomic E-state index is 0.0147. The Bertz CT molecular complexity index is 698. The zero-order valence-electron chi connectivity index (χ0n) is 11.3. The molecule has 1 N–H and O–H groups in total. The molecule has 0 aromatic heterocycles. The Kier molecular flexibility index (Phi) is 3.24. The second-order valence-electron chi connectivity index (χ2n) is 5.39. The number of carbonyl (C=O) groups is 2. The summed E-state index contributed by atoms with van der Waals surface area (Å²) < 4.78 is 14.0. The quantitative estimate of drug-likeness (QED) is 0.811. The van der Waals surface area contributed by atoms with Crippen LogP contribution in [0.1, 0.15) is 26.2 Å². The van der Waals surface area contributed by atoms with Gasteiger partial charge in [0, 0.05) is 17.2 Å². The predicted octanol–water partition coefficient (Wildman–Crippen LogP) is 3.17. The number of rotatable bonds is 1. The van der Waals surface area contributed by atoms with E-state index in [0.717, 1.165) is 29.9 Å². The maximum Gasteiger partial charge on any atom is 0.262 e. The fraction of sp³-hybridized carbons (Fsp3) is 0.333. The van der Waals surface area contributed by atoms with E-state index in [4.69, 9.17) is 11.6 Å². The lowest BCUT2D eigenvalue weighted by atomic mass is 9.85. The number of carbonyl (C=O) groups excluding carboxylic acids is 2. The molecule has 3 rings (SSSR count). The van der Waals surface area contributed by atoms with Gasteiger partial charge in [-0.25, -0.2) is 9.29 Å². The molecule has 4 nitrogen and oxygen atoms in total.